The third-order valence-corrected chi connectivity index (χ3v) is 5.55. The Bertz CT molecular complexity index is 1230. The van der Waals surface area contributed by atoms with Crippen molar-refractivity contribution in [3.05, 3.63) is 76.8 Å². The first-order valence-electron chi connectivity index (χ1n) is 7.88. The van der Waals surface area contributed by atoms with E-state index in [1.165, 1.54) is 5.56 Å². The summed E-state index contributed by atoms with van der Waals surface area (Å²) >= 11 is 3.76. The van der Waals surface area contributed by atoms with Crippen LogP contribution in [0.3, 0.4) is 0 Å². The van der Waals surface area contributed by atoms with Gasteiger partial charge >= 0.3 is 0 Å². The molecule has 0 unspecified atom stereocenters. The molecule has 4 heteroatoms. The molecule has 0 bridgehead atoms. The predicted molar refractivity (Wildman–Crippen MR) is 102 cm³/mol. The Morgan fingerprint density at radius 3 is 2.33 bits per heavy atom. The van der Waals surface area contributed by atoms with E-state index in [1.54, 1.807) is 0 Å². The Balaban J connectivity index is 2.05. The molecule has 0 radical (unpaired) electrons. The summed E-state index contributed by atoms with van der Waals surface area (Å²) in [6, 6.07) is 23.0. The summed E-state index contributed by atoms with van der Waals surface area (Å²) in [5.41, 5.74) is 6.77. The molecule has 3 nitrogen and oxygen atoms in total. The summed E-state index contributed by atoms with van der Waals surface area (Å²) < 4.78 is 5.56. The second kappa shape index (κ2) is 4.95. The number of imidazole rings is 2. The number of aromatic nitrogens is 3. The maximum atomic E-state index is 4.90. The van der Waals surface area contributed by atoms with E-state index in [9.17, 15) is 0 Å². The maximum absolute atomic E-state index is 4.90. The molecule has 0 saturated heterocycles. The molecule has 0 saturated carbocycles. The summed E-state index contributed by atoms with van der Waals surface area (Å²) in [7, 11) is 0. The van der Waals surface area contributed by atoms with Crippen LogP contribution in [0.15, 0.2) is 71.2 Å². The van der Waals surface area contributed by atoms with Crippen LogP contribution in [-0.2, 0) is 0 Å². The van der Waals surface area contributed by atoms with Gasteiger partial charge in [0, 0.05) is 4.47 Å². The first kappa shape index (κ1) is 13.8. The van der Waals surface area contributed by atoms with E-state index >= 15 is 0 Å². The Morgan fingerprint density at radius 1 is 0.792 bits per heavy atom. The van der Waals surface area contributed by atoms with Gasteiger partial charge in [-0.2, -0.15) is 0 Å². The zero-order chi connectivity index (χ0) is 16.3. The van der Waals surface area contributed by atoms with Gasteiger partial charge in [0.05, 0.1) is 27.8 Å². The third kappa shape index (κ3) is 1.74. The summed E-state index contributed by atoms with van der Waals surface area (Å²) in [5, 5.41) is 0. The molecule has 0 aliphatic rings. The monoisotopic (exact) mass is 375 g/mol. The fourth-order valence-corrected chi connectivity index (χ4v) is 3.83. The molecular weight excluding hydrogens is 362 g/mol. The van der Waals surface area contributed by atoms with Gasteiger partial charge in [-0.3, -0.25) is 8.97 Å². The van der Waals surface area contributed by atoms with Crippen LogP contribution in [0.4, 0.5) is 0 Å². The van der Waals surface area contributed by atoms with Crippen molar-refractivity contribution in [2.24, 2.45) is 0 Å². The van der Waals surface area contributed by atoms with Crippen molar-refractivity contribution in [2.45, 2.75) is 6.92 Å². The maximum Gasteiger partial charge on any atom is 0.220 e. The molecule has 0 aliphatic heterocycles. The van der Waals surface area contributed by atoms with Gasteiger partial charge in [-0.25, -0.2) is 4.98 Å². The molecule has 0 fully saturated rings. The normalized spacial score (nSPS) is 11.8. The number of benzene rings is 3. The average molecular weight is 376 g/mol. The highest BCUT2D eigenvalue weighted by Crippen LogP contribution is 2.33. The highest BCUT2D eigenvalue weighted by Gasteiger charge is 2.18. The molecule has 0 aliphatic carbocycles. The number of rotatable bonds is 1. The molecule has 5 aromatic rings. The van der Waals surface area contributed by atoms with E-state index in [-0.39, 0.29) is 0 Å². The SMILES string of the molecule is Cc1cccc(-n2c3ccccc3n3c4ccccc4nc23)c1Br. The minimum Gasteiger partial charge on any atom is -0.277 e. The minimum absolute atomic E-state index is 0.934. The Kier molecular flexibility index (Phi) is 2.85. The Hall–Kier alpha value is -2.59. The van der Waals surface area contributed by atoms with Crippen molar-refractivity contribution in [3.63, 3.8) is 0 Å². The summed E-state index contributed by atoms with van der Waals surface area (Å²) in [4.78, 5) is 4.90. The molecule has 2 aromatic heterocycles. The van der Waals surface area contributed by atoms with Crippen molar-refractivity contribution in [1.29, 1.82) is 0 Å². The van der Waals surface area contributed by atoms with E-state index in [2.05, 4.69) is 92.5 Å². The molecule has 24 heavy (non-hydrogen) atoms. The van der Waals surface area contributed by atoms with Crippen molar-refractivity contribution in [2.75, 3.05) is 0 Å². The number of para-hydroxylation sites is 4. The molecule has 3 aromatic carbocycles. The van der Waals surface area contributed by atoms with Gasteiger partial charge in [0.15, 0.2) is 0 Å². The van der Waals surface area contributed by atoms with Crippen LogP contribution >= 0.6 is 15.9 Å². The number of hydrogen-bond donors (Lipinski definition) is 0. The van der Waals surface area contributed by atoms with Gasteiger partial charge in [-0.1, -0.05) is 36.4 Å². The van der Waals surface area contributed by atoms with Crippen LogP contribution in [0.5, 0.6) is 0 Å². The number of nitrogens with zero attached hydrogens (tertiary/aromatic N) is 3. The third-order valence-electron chi connectivity index (χ3n) is 4.52. The van der Waals surface area contributed by atoms with Crippen LogP contribution in [0, 0.1) is 6.92 Å². The first-order chi connectivity index (χ1) is 11.8. The van der Waals surface area contributed by atoms with E-state index < -0.39 is 0 Å². The lowest BCUT2D eigenvalue weighted by molar-refractivity contribution is 1.09. The molecule has 0 spiro atoms. The van der Waals surface area contributed by atoms with Crippen LogP contribution in [0.25, 0.3) is 33.5 Å². The fraction of sp³-hybridized carbons (Fsp3) is 0.0500. The number of hydrogen-bond acceptors (Lipinski definition) is 1. The van der Waals surface area contributed by atoms with Crippen molar-refractivity contribution < 1.29 is 0 Å². The summed E-state index contributed by atoms with van der Waals surface area (Å²) in [6.07, 6.45) is 0. The van der Waals surface area contributed by atoms with Crippen molar-refractivity contribution >= 4 is 43.8 Å². The predicted octanol–water partition coefficient (Wildman–Crippen LogP) is 5.50. The van der Waals surface area contributed by atoms with Gasteiger partial charge in [0.1, 0.15) is 0 Å². The molecule has 0 atom stereocenters. The Morgan fingerprint density at radius 2 is 1.50 bits per heavy atom. The van der Waals surface area contributed by atoms with Gasteiger partial charge in [0.25, 0.3) is 0 Å². The molecule has 5 rings (SSSR count). The van der Waals surface area contributed by atoms with Gasteiger partial charge in [-0.15, -0.1) is 0 Å². The zero-order valence-electron chi connectivity index (χ0n) is 13.1. The zero-order valence-corrected chi connectivity index (χ0v) is 14.7. The van der Waals surface area contributed by atoms with Gasteiger partial charge in [-0.05, 0) is 58.7 Å². The molecule has 0 N–H and O–H groups in total. The van der Waals surface area contributed by atoms with Crippen LogP contribution < -0.4 is 0 Å². The molecule has 2 heterocycles. The van der Waals surface area contributed by atoms with Crippen molar-refractivity contribution in [1.82, 2.24) is 14.0 Å². The lowest BCUT2D eigenvalue weighted by Crippen LogP contribution is -1.97. The summed E-state index contributed by atoms with van der Waals surface area (Å²) in [5.74, 6) is 0.934. The second-order valence-corrected chi connectivity index (χ2v) is 6.76. The molecular formula is C20H14BrN3. The first-order valence-corrected chi connectivity index (χ1v) is 8.67. The molecule has 116 valence electrons. The lowest BCUT2D eigenvalue weighted by Gasteiger charge is -2.09. The van der Waals surface area contributed by atoms with Crippen molar-refractivity contribution in [3.8, 4) is 5.69 Å². The second-order valence-electron chi connectivity index (χ2n) is 5.97. The Labute approximate surface area is 147 Å². The quantitative estimate of drug-likeness (QED) is 0.379. The standard InChI is InChI=1S/C20H14BrN3/c1-13-7-6-12-18(19(13)21)24-17-11-5-4-10-16(17)23-15-9-3-2-8-14(15)22-20(23)24/h2-12H,1H3. The van der Waals surface area contributed by atoms with Gasteiger partial charge < -0.3 is 0 Å². The lowest BCUT2D eigenvalue weighted by atomic mass is 10.2. The van der Waals surface area contributed by atoms with Crippen LogP contribution in [0.2, 0.25) is 0 Å². The fourth-order valence-electron chi connectivity index (χ4n) is 3.39. The smallest absolute Gasteiger partial charge is 0.220 e. The van der Waals surface area contributed by atoms with E-state index in [1.807, 2.05) is 6.07 Å². The number of aryl methyl sites for hydroxylation is 1. The van der Waals surface area contributed by atoms with Crippen LogP contribution in [-0.4, -0.2) is 14.0 Å². The van der Waals surface area contributed by atoms with Crippen LogP contribution in [0.1, 0.15) is 5.56 Å². The number of halogens is 1. The summed E-state index contributed by atoms with van der Waals surface area (Å²) in [6.45, 7) is 2.11. The number of fused-ring (bicyclic) bond motifs is 5. The van der Waals surface area contributed by atoms with E-state index in [4.69, 9.17) is 4.98 Å². The highest BCUT2D eigenvalue weighted by atomic mass is 79.9. The van der Waals surface area contributed by atoms with E-state index in [0.29, 0.717) is 0 Å². The minimum atomic E-state index is 0.934. The van der Waals surface area contributed by atoms with E-state index in [0.717, 1.165) is 38.0 Å². The largest absolute Gasteiger partial charge is 0.277 e. The molecule has 0 amide bonds. The topological polar surface area (TPSA) is 22.2 Å². The van der Waals surface area contributed by atoms with Gasteiger partial charge in [0.2, 0.25) is 5.78 Å². The highest BCUT2D eigenvalue weighted by molar-refractivity contribution is 9.10. The average Bonchev–Trinajstić information content (AvgIpc) is 3.12.